The fourth-order valence-corrected chi connectivity index (χ4v) is 1.71. The van der Waals surface area contributed by atoms with E-state index in [9.17, 15) is 9.59 Å². The summed E-state index contributed by atoms with van der Waals surface area (Å²) in [6, 6.07) is 7.14. The minimum absolute atomic E-state index is 0. The maximum atomic E-state index is 11.6. The molecule has 1 aliphatic rings. The average molecular weight is 298 g/mol. The second-order valence-electron chi connectivity index (χ2n) is 4.78. The lowest BCUT2D eigenvalue weighted by Gasteiger charge is -2.07. The van der Waals surface area contributed by atoms with Crippen LogP contribution in [0.2, 0.25) is 0 Å². The minimum Gasteiger partial charge on any atom is -0.330 e. The van der Waals surface area contributed by atoms with Gasteiger partial charge < -0.3 is 16.4 Å². The molecule has 0 unspecified atom stereocenters. The summed E-state index contributed by atoms with van der Waals surface area (Å²) in [4.78, 5) is 23.1. The monoisotopic (exact) mass is 297 g/mol. The molecule has 1 saturated carbocycles. The van der Waals surface area contributed by atoms with Gasteiger partial charge in [0.05, 0.1) is 0 Å². The number of anilines is 2. The van der Waals surface area contributed by atoms with Crippen molar-refractivity contribution in [3.8, 4) is 0 Å². The molecule has 0 heterocycles. The van der Waals surface area contributed by atoms with Gasteiger partial charge in [0.2, 0.25) is 11.8 Å². The molecule has 0 saturated heterocycles. The molecule has 1 aromatic rings. The molecule has 0 spiro atoms. The number of hydrogen-bond acceptors (Lipinski definition) is 3. The molecule has 1 fully saturated rings. The molecule has 1 aliphatic carbocycles. The average Bonchev–Trinajstić information content (AvgIpc) is 3.23. The van der Waals surface area contributed by atoms with Crippen molar-refractivity contribution in [3.63, 3.8) is 0 Å². The summed E-state index contributed by atoms with van der Waals surface area (Å²) in [7, 11) is 0. The zero-order valence-electron chi connectivity index (χ0n) is 11.2. The van der Waals surface area contributed by atoms with E-state index < -0.39 is 0 Å². The third kappa shape index (κ3) is 5.19. The smallest absolute Gasteiger partial charge is 0.227 e. The van der Waals surface area contributed by atoms with E-state index in [1.165, 1.54) is 0 Å². The Bertz CT molecular complexity index is 458. The van der Waals surface area contributed by atoms with Crippen LogP contribution in [0.3, 0.4) is 0 Å². The van der Waals surface area contributed by atoms with E-state index in [1.54, 1.807) is 24.3 Å². The molecule has 6 heteroatoms. The lowest BCUT2D eigenvalue weighted by Crippen LogP contribution is -2.14. The Hall–Kier alpha value is -1.59. The quantitative estimate of drug-likeness (QED) is 0.752. The third-order valence-electron chi connectivity index (χ3n) is 2.99. The highest BCUT2D eigenvalue weighted by Gasteiger charge is 2.29. The van der Waals surface area contributed by atoms with Crippen LogP contribution in [0.1, 0.15) is 25.7 Å². The van der Waals surface area contributed by atoms with Crippen LogP contribution in [0.5, 0.6) is 0 Å². The van der Waals surface area contributed by atoms with E-state index in [2.05, 4.69) is 10.6 Å². The topological polar surface area (TPSA) is 84.2 Å². The fourth-order valence-electron chi connectivity index (χ4n) is 1.71. The van der Waals surface area contributed by atoms with Gasteiger partial charge >= 0.3 is 0 Å². The molecule has 0 radical (unpaired) electrons. The number of carbonyl (C=O) groups is 2. The first kappa shape index (κ1) is 16.5. The predicted octanol–water partition coefficient (Wildman–Crippen LogP) is 2.13. The second kappa shape index (κ2) is 7.87. The molecular formula is C14H20ClN3O2. The van der Waals surface area contributed by atoms with Crippen LogP contribution < -0.4 is 16.4 Å². The van der Waals surface area contributed by atoms with Gasteiger partial charge in [-0.3, -0.25) is 9.59 Å². The van der Waals surface area contributed by atoms with Crippen molar-refractivity contribution in [1.82, 2.24) is 0 Å². The van der Waals surface area contributed by atoms with Gasteiger partial charge in [-0.05, 0) is 50.1 Å². The van der Waals surface area contributed by atoms with Crippen molar-refractivity contribution in [2.75, 3.05) is 17.2 Å². The van der Waals surface area contributed by atoms with E-state index in [-0.39, 0.29) is 30.1 Å². The molecule has 0 aromatic heterocycles. The summed E-state index contributed by atoms with van der Waals surface area (Å²) in [6.45, 7) is 0.513. The van der Waals surface area contributed by atoms with Gasteiger partial charge in [0.15, 0.2) is 0 Å². The number of hydrogen-bond donors (Lipinski definition) is 3. The summed E-state index contributed by atoms with van der Waals surface area (Å²) >= 11 is 0. The van der Waals surface area contributed by atoms with Crippen LogP contribution in [0, 0.1) is 5.92 Å². The van der Waals surface area contributed by atoms with Gasteiger partial charge in [0.25, 0.3) is 0 Å². The summed E-state index contributed by atoms with van der Waals surface area (Å²) in [5, 5.41) is 5.64. The Morgan fingerprint density at radius 1 is 1.10 bits per heavy atom. The predicted molar refractivity (Wildman–Crippen MR) is 82.0 cm³/mol. The molecule has 0 aliphatic heterocycles. The summed E-state index contributed by atoms with van der Waals surface area (Å²) in [5.74, 6) is 0.232. The minimum atomic E-state index is -0.0415. The molecule has 0 atom stereocenters. The van der Waals surface area contributed by atoms with Crippen molar-refractivity contribution in [2.24, 2.45) is 11.7 Å². The van der Waals surface area contributed by atoms with Gasteiger partial charge in [-0.1, -0.05) is 0 Å². The second-order valence-corrected chi connectivity index (χ2v) is 4.78. The first-order chi connectivity index (χ1) is 9.19. The van der Waals surface area contributed by atoms with Crippen LogP contribution in [-0.4, -0.2) is 18.4 Å². The number of amides is 2. The summed E-state index contributed by atoms with van der Waals surface area (Å²) in [6.07, 6.45) is 3.08. The van der Waals surface area contributed by atoms with Gasteiger partial charge in [-0.25, -0.2) is 0 Å². The van der Waals surface area contributed by atoms with Gasteiger partial charge in [-0.15, -0.1) is 12.4 Å². The largest absolute Gasteiger partial charge is 0.330 e. The highest BCUT2D eigenvalue weighted by atomic mass is 35.5. The van der Waals surface area contributed by atoms with E-state index >= 15 is 0 Å². The standard InChI is InChI=1S/C14H19N3O2.ClH/c15-9-1-2-13(18)16-11-5-7-12(8-6-11)17-14(19)10-3-4-10;/h5-8,10H,1-4,9,15H2,(H,16,18)(H,17,19);1H. The van der Waals surface area contributed by atoms with Crippen LogP contribution >= 0.6 is 12.4 Å². The molecule has 5 nitrogen and oxygen atoms in total. The van der Waals surface area contributed by atoms with Crippen LogP contribution in [0.15, 0.2) is 24.3 Å². The van der Waals surface area contributed by atoms with Crippen molar-refractivity contribution in [3.05, 3.63) is 24.3 Å². The molecule has 1 aromatic carbocycles. The first-order valence-electron chi connectivity index (χ1n) is 6.60. The van der Waals surface area contributed by atoms with Crippen molar-refractivity contribution < 1.29 is 9.59 Å². The van der Waals surface area contributed by atoms with Crippen molar-refractivity contribution in [1.29, 1.82) is 0 Å². The number of benzene rings is 1. The Morgan fingerprint density at radius 2 is 1.65 bits per heavy atom. The molecular weight excluding hydrogens is 278 g/mol. The Morgan fingerprint density at radius 3 is 2.15 bits per heavy atom. The summed E-state index contributed by atoms with van der Waals surface area (Å²) < 4.78 is 0. The van der Waals surface area contributed by atoms with Gasteiger partial charge in [-0.2, -0.15) is 0 Å². The third-order valence-corrected chi connectivity index (χ3v) is 2.99. The zero-order valence-corrected chi connectivity index (χ0v) is 12.0. The highest BCUT2D eigenvalue weighted by Crippen LogP contribution is 2.30. The number of rotatable bonds is 6. The van der Waals surface area contributed by atoms with E-state index in [0.717, 1.165) is 24.2 Å². The number of carbonyl (C=O) groups excluding carboxylic acids is 2. The molecule has 110 valence electrons. The highest BCUT2D eigenvalue weighted by molar-refractivity contribution is 5.95. The van der Waals surface area contributed by atoms with E-state index in [0.29, 0.717) is 19.4 Å². The molecule has 4 N–H and O–H groups in total. The fraction of sp³-hybridized carbons (Fsp3) is 0.429. The maximum Gasteiger partial charge on any atom is 0.227 e. The molecule has 2 amide bonds. The van der Waals surface area contributed by atoms with Crippen LogP contribution in [0.4, 0.5) is 11.4 Å². The summed E-state index contributed by atoms with van der Waals surface area (Å²) in [5.41, 5.74) is 6.83. The van der Waals surface area contributed by atoms with Crippen LogP contribution in [-0.2, 0) is 9.59 Å². The maximum absolute atomic E-state index is 11.6. The molecule has 0 bridgehead atoms. The Kier molecular flexibility index (Phi) is 6.48. The first-order valence-corrected chi connectivity index (χ1v) is 6.60. The molecule has 2 rings (SSSR count). The number of nitrogens with two attached hydrogens (primary N) is 1. The van der Waals surface area contributed by atoms with Gasteiger partial charge in [0, 0.05) is 23.7 Å². The lowest BCUT2D eigenvalue weighted by molar-refractivity contribution is -0.117. The lowest BCUT2D eigenvalue weighted by atomic mass is 10.2. The van der Waals surface area contributed by atoms with E-state index in [1.807, 2.05) is 0 Å². The van der Waals surface area contributed by atoms with Crippen molar-refractivity contribution in [2.45, 2.75) is 25.7 Å². The molecule has 20 heavy (non-hydrogen) atoms. The normalized spacial score (nSPS) is 13.2. The number of halogens is 1. The SMILES string of the molecule is Cl.NCCCC(=O)Nc1ccc(NC(=O)C2CC2)cc1. The Labute approximate surface area is 124 Å². The van der Waals surface area contributed by atoms with Crippen molar-refractivity contribution >= 4 is 35.6 Å². The zero-order chi connectivity index (χ0) is 13.7. The van der Waals surface area contributed by atoms with Crippen LogP contribution in [0.25, 0.3) is 0 Å². The van der Waals surface area contributed by atoms with Gasteiger partial charge in [0.1, 0.15) is 0 Å². The Balaban J connectivity index is 0.00000200. The number of nitrogens with one attached hydrogen (secondary N) is 2. The van der Waals surface area contributed by atoms with E-state index in [4.69, 9.17) is 5.73 Å².